The van der Waals surface area contributed by atoms with Crippen LogP contribution in [-0.4, -0.2) is 60.5 Å². The van der Waals surface area contributed by atoms with Gasteiger partial charge in [-0.25, -0.2) is 14.2 Å². The van der Waals surface area contributed by atoms with E-state index in [9.17, 15) is 9.18 Å². The number of carbonyl (C=O) groups is 1. The molecule has 0 aliphatic carbocycles. The number of rotatable bonds is 5. The minimum absolute atomic E-state index is 0.0327. The molecule has 0 radical (unpaired) electrons. The number of carbonyl (C=O) groups excluding carboxylic acids is 1. The maximum absolute atomic E-state index is 12.9. The van der Waals surface area contributed by atoms with E-state index in [0.29, 0.717) is 26.2 Å². The fraction of sp³-hybridized carbons (Fsp3) is 0.381. The van der Waals surface area contributed by atoms with E-state index in [-0.39, 0.29) is 24.0 Å². The molecule has 29 heavy (non-hydrogen) atoms. The standard InChI is InChI=1S/C21H24FN5O2/c1-3-23-20-14(2)5-4-6-18(20)29-17-12-27(13-17)21(28)25-16-10-26(11-16)19-8-7-15(22)9-24-19/h3-9,16-17H,10-13H2,1-2H3,(H,25,28). The Kier molecular flexibility index (Phi) is 5.33. The zero-order valence-electron chi connectivity index (χ0n) is 16.5. The van der Waals surface area contributed by atoms with Gasteiger partial charge in [-0.1, -0.05) is 12.1 Å². The third-order valence-corrected chi connectivity index (χ3v) is 5.13. The smallest absolute Gasteiger partial charge is 0.317 e. The minimum atomic E-state index is -0.354. The second-order valence-corrected chi connectivity index (χ2v) is 7.34. The van der Waals surface area contributed by atoms with Crippen molar-refractivity contribution in [2.45, 2.75) is 26.0 Å². The number of benzene rings is 1. The molecule has 1 aromatic heterocycles. The van der Waals surface area contributed by atoms with Crippen LogP contribution in [0.15, 0.2) is 41.5 Å². The van der Waals surface area contributed by atoms with Crippen molar-refractivity contribution in [2.24, 2.45) is 4.99 Å². The molecule has 2 aromatic rings. The summed E-state index contributed by atoms with van der Waals surface area (Å²) in [5, 5.41) is 3.02. The molecule has 2 aliphatic rings. The van der Waals surface area contributed by atoms with Crippen LogP contribution >= 0.6 is 0 Å². The Hall–Kier alpha value is -3.16. The molecule has 3 heterocycles. The van der Waals surface area contributed by atoms with E-state index in [1.807, 2.05) is 36.9 Å². The second-order valence-electron chi connectivity index (χ2n) is 7.34. The van der Waals surface area contributed by atoms with E-state index in [1.54, 1.807) is 17.2 Å². The highest BCUT2D eigenvalue weighted by Crippen LogP contribution is 2.32. The number of aliphatic imine (C=N–C) groups is 1. The number of nitrogens with one attached hydrogen (secondary N) is 1. The van der Waals surface area contributed by atoms with E-state index in [4.69, 9.17) is 4.74 Å². The molecule has 2 aliphatic heterocycles. The van der Waals surface area contributed by atoms with Crippen LogP contribution in [0.25, 0.3) is 0 Å². The molecule has 2 saturated heterocycles. The van der Waals surface area contributed by atoms with Crippen molar-refractivity contribution in [3.63, 3.8) is 0 Å². The number of nitrogens with zero attached hydrogens (tertiary/aromatic N) is 4. The lowest BCUT2D eigenvalue weighted by Crippen LogP contribution is -2.65. The first-order valence-corrected chi connectivity index (χ1v) is 9.70. The maximum Gasteiger partial charge on any atom is 0.317 e. The predicted octanol–water partition coefficient (Wildman–Crippen LogP) is 2.91. The zero-order valence-corrected chi connectivity index (χ0v) is 16.5. The lowest BCUT2D eigenvalue weighted by molar-refractivity contribution is 0.0434. The molecule has 0 unspecified atom stereocenters. The van der Waals surface area contributed by atoms with Crippen LogP contribution < -0.4 is 15.0 Å². The molecule has 0 spiro atoms. The van der Waals surface area contributed by atoms with Gasteiger partial charge in [0, 0.05) is 19.3 Å². The maximum atomic E-state index is 12.9. The molecule has 0 bridgehead atoms. The number of urea groups is 1. The van der Waals surface area contributed by atoms with E-state index < -0.39 is 0 Å². The Balaban J connectivity index is 1.22. The summed E-state index contributed by atoms with van der Waals surface area (Å²) in [7, 11) is 0. The SMILES string of the molecule is CC=Nc1c(C)cccc1OC1CN(C(=O)NC2CN(c3ccc(F)cn3)C2)C1. The fourth-order valence-corrected chi connectivity index (χ4v) is 3.46. The van der Waals surface area contributed by atoms with Gasteiger partial charge in [0.2, 0.25) is 0 Å². The van der Waals surface area contributed by atoms with Crippen molar-refractivity contribution in [1.82, 2.24) is 15.2 Å². The van der Waals surface area contributed by atoms with E-state index >= 15 is 0 Å². The van der Waals surface area contributed by atoms with Crippen LogP contribution in [0.4, 0.5) is 20.7 Å². The van der Waals surface area contributed by atoms with E-state index in [0.717, 1.165) is 22.8 Å². The van der Waals surface area contributed by atoms with Gasteiger partial charge in [-0.15, -0.1) is 0 Å². The second kappa shape index (κ2) is 8.06. The monoisotopic (exact) mass is 397 g/mol. The van der Waals surface area contributed by atoms with Gasteiger partial charge in [-0.05, 0) is 37.6 Å². The van der Waals surface area contributed by atoms with E-state index in [2.05, 4.69) is 15.3 Å². The number of hydrogen-bond acceptors (Lipinski definition) is 5. The van der Waals surface area contributed by atoms with Gasteiger partial charge in [0.25, 0.3) is 0 Å². The third-order valence-electron chi connectivity index (χ3n) is 5.13. The summed E-state index contributed by atoms with van der Waals surface area (Å²) in [5.74, 6) is 1.11. The van der Waals surface area contributed by atoms with Crippen LogP contribution in [0.2, 0.25) is 0 Å². The molecule has 0 atom stereocenters. The molecule has 1 aromatic carbocycles. The highest BCUT2D eigenvalue weighted by Gasteiger charge is 2.36. The lowest BCUT2D eigenvalue weighted by Gasteiger charge is -2.44. The van der Waals surface area contributed by atoms with Gasteiger partial charge in [-0.2, -0.15) is 0 Å². The van der Waals surface area contributed by atoms with Gasteiger partial charge < -0.3 is 19.9 Å². The molecule has 2 fully saturated rings. The molecule has 8 heteroatoms. The van der Waals surface area contributed by atoms with Crippen LogP contribution in [0.3, 0.4) is 0 Å². The van der Waals surface area contributed by atoms with Crippen LogP contribution in [0.1, 0.15) is 12.5 Å². The molecule has 152 valence electrons. The summed E-state index contributed by atoms with van der Waals surface area (Å²) >= 11 is 0. The average molecular weight is 397 g/mol. The molecule has 1 N–H and O–H groups in total. The Bertz CT molecular complexity index is 906. The summed E-state index contributed by atoms with van der Waals surface area (Å²) in [5.41, 5.74) is 1.89. The van der Waals surface area contributed by atoms with Crippen LogP contribution in [0.5, 0.6) is 5.75 Å². The number of aryl methyl sites for hydroxylation is 1. The number of ether oxygens (including phenoxy) is 1. The Labute approximate surface area is 169 Å². The third kappa shape index (κ3) is 4.16. The Morgan fingerprint density at radius 2 is 2.07 bits per heavy atom. The first kappa shape index (κ1) is 19.2. The number of hydrogen-bond donors (Lipinski definition) is 1. The van der Waals surface area contributed by atoms with E-state index in [1.165, 1.54) is 12.3 Å². The first-order valence-electron chi connectivity index (χ1n) is 9.70. The number of anilines is 1. The Morgan fingerprint density at radius 3 is 2.76 bits per heavy atom. The summed E-state index contributed by atoms with van der Waals surface area (Å²) in [6.45, 7) is 6.30. The van der Waals surface area contributed by atoms with Crippen molar-refractivity contribution < 1.29 is 13.9 Å². The summed E-state index contributed by atoms with van der Waals surface area (Å²) in [6.07, 6.45) is 2.92. The zero-order chi connectivity index (χ0) is 20.4. The molecule has 2 amide bonds. The molecule has 0 saturated carbocycles. The molecular formula is C21H24FN5O2. The van der Waals surface area contributed by atoms with Gasteiger partial charge in [-0.3, -0.25) is 4.99 Å². The topological polar surface area (TPSA) is 70.1 Å². The molecule has 7 nitrogen and oxygen atoms in total. The van der Waals surface area contributed by atoms with Gasteiger partial charge >= 0.3 is 6.03 Å². The number of aromatic nitrogens is 1. The van der Waals surface area contributed by atoms with Crippen molar-refractivity contribution in [2.75, 3.05) is 31.1 Å². The van der Waals surface area contributed by atoms with Crippen molar-refractivity contribution in [1.29, 1.82) is 0 Å². The number of para-hydroxylation sites is 1. The number of halogens is 1. The minimum Gasteiger partial charge on any atom is -0.484 e. The summed E-state index contributed by atoms with van der Waals surface area (Å²) in [4.78, 5) is 24.6. The van der Waals surface area contributed by atoms with Crippen molar-refractivity contribution >= 4 is 23.8 Å². The summed E-state index contributed by atoms with van der Waals surface area (Å²) in [6, 6.07) is 8.87. The van der Waals surface area contributed by atoms with Gasteiger partial charge in [0.15, 0.2) is 0 Å². The molecule has 4 rings (SSSR count). The summed E-state index contributed by atoms with van der Waals surface area (Å²) < 4.78 is 19.0. The fourth-order valence-electron chi connectivity index (χ4n) is 3.46. The number of amides is 2. The number of likely N-dealkylation sites (tertiary alicyclic amines) is 1. The normalized spacial score (nSPS) is 17.2. The molecular weight excluding hydrogens is 373 g/mol. The van der Waals surface area contributed by atoms with Crippen molar-refractivity contribution in [3.05, 3.63) is 47.9 Å². The largest absolute Gasteiger partial charge is 0.484 e. The van der Waals surface area contributed by atoms with Crippen molar-refractivity contribution in [3.8, 4) is 5.75 Å². The lowest BCUT2D eigenvalue weighted by atomic mass is 10.1. The van der Waals surface area contributed by atoms with Crippen LogP contribution in [-0.2, 0) is 0 Å². The first-order chi connectivity index (χ1) is 14.0. The Morgan fingerprint density at radius 1 is 1.28 bits per heavy atom. The van der Waals surface area contributed by atoms with Gasteiger partial charge in [0.1, 0.15) is 29.2 Å². The number of pyridine rings is 1. The quantitative estimate of drug-likeness (QED) is 0.788. The highest BCUT2D eigenvalue weighted by atomic mass is 19.1. The highest BCUT2D eigenvalue weighted by molar-refractivity contribution is 5.76. The van der Waals surface area contributed by atoms with Crippen LogP contribution in [0, 0.1) is 12.7 Å². The predicted molar refractivity (Wildman–Crippen MR) is 110 cm³/mol. The van der Waals surface area contributed by atoms with Gasteiger partial charge in [0.05, 0.1) is 25.3 Å². The average Bonchev–Trinajstić information content (AvgIpc) is 2.64.